The molecule has 1 N–H and O–H groups in total. The molecule has 1 aliphatic rings. The average molecular weight is 311 g/mol. The highest BCUT2D eigenvalue weighted by atomic mass is 32.2. The fourth-order valence-corrected chi connectivity index (χ4v) is 4.71. The maximum Gasteiger partial charge on any atom is 0.335 e. The summed E-state index contributed by atoms with van der Waals surface area (Å²) in [6.45, 7) is 6.18. The van der Waals surface area contributed by atoms with Crippen molar-refractivity contribution < 1.29 is 18.3 Å². The first-order valence-electron chi connectivity index (χ1n) is 7.11. The van der Waals surface area contributed by atoms with E-state index < -0.39 is 16.0 Å². The van der Waals surface area contributed by atoms with Gasteiger partial charge in [0.15, 0.2) is 0 Å². The monoisotopic (exact) mass is 311 g/mol. The zero-order valence-corrected chi connectivity index (χ0v) is 13.4. The molecule has 0 radical (unpaired) electrons. The summed E-state index contributed by atoms with van der Waals surface area (Å²) in [4.78, 5) is 11.3. The molecule has 0 spiro atoms. The van der Waals surface area contributed by atoms with Crippen LogP contribution in [-0.4, -0.2) is 36.4 Å². The topological polar surface area (TPSA) is 74.7 Å². The number of aromatic carboxylic acids is 1. The first-order valence-corrected chi connectivity index (χ1v) is 8.55. The molecule has 1 unspecified atom stereocenters. The first kappa shape index (κ1) is 16.0. The van der Waals surface area contributed by atoms with Crippen molar-refractivity contribution in [3.63, 3.8) is 0 Å². The number of rotatable bonds is 4. The molecule has 0 aromatic heterocycles. The van der Waals surface area contributed by atoms with Crippen LogP contribution in [0.5, 0.6) is 0 Å². The van der Waals surface area contributed by atoms with Crippen molar-refractivity contribution in [1.29, 1.82) is 0 Å². The Labute approximate surface area is 125 Å². The quantitative estimate of drug-likeness (QED) is 0.927. The molecule has 0 aliphatic carbocycles. The molecule has 1 atom stereocenters. The van der Waals surface area contributed by atoms with Gasteiger partial charge in [-0.3, -0.25) is 0 Å². The molecule has 116 valence electrons. The number of benzene rings is 1. The van der Waals surface area contributed by atoms with Crippen molar-refractivity contribution in [3.8, 4) is 0 Å². The summed E-state index contributed by atoms with van der Waals surface area (Å²) in [5.74, 6) is -0.863. The van der Waals surface area contributed by atoms with Gasteiger partial charge in [-0.25, -0.2) is 13.2 Å². The Morgan fingerprint density at radius 2 is 2.05 bits per heavy atom. The van der Waals surface area contributed by atoms with E-state index in [9.17, 15) is 13.2 Å². The van der Waals surface area contributed by atoms with Crippen LogP contribution < -0.4 is 0 Å². The van der Waals surface area contributed by atoms with Crippen LogP contribution in [0.4, 0.5) is 0 Å². The van der Waals surface area contributed by atoms with Crippen LogP contribution in [0.3, 0.4) is 0 Å². The zero-order chi connectivity index (χ0) is 15.8. The molecule has 1 aromatic carbocycles. The number of carboxylic acids is 1. The maximum atomic E-state index is 12.8. The van der Waals surface area contributed by atoms with E-state index in [4.69, 9.17) is 5.11 Å². The number of carboxylic acid groups (broad SMARTS) is 1. The Morgan fingerprint density at radius 3 is 2.62 bits per heavy atom. The molecule has 1 fully saturated rings. The largest absolute Gasteiger partial charge is 0.478 e. The van der Waals surface area contributed by atoms with E-state index in [1.165, 1.54) is 16.4 Å². The minimum Gasteiger partial charge on any atom is -0.478 e. The van der Waals surface area contributed by atoms with Crippen molar-refractivity contribution in [1.82, 2.24) is 4.31 Å². The number of hydrogen-bond donors (Lipinski definition) is 1. The smallest absolute Gasteiger partial charge is 0.335 e. The van der Waals surface area contributed by atoms with Crippen molar-refractivity contribution in [2.75, 3.05) is 6.54 Å². The van der Waals surface area contributed by atoms with Crippen LogP contribution in [0.1, 0.15) is 42.6 Å². The van der Waals surface area contributed by atoms with Gasteiger partial charge >= 0.3 is 5.97 Å². The molecule has 0 bridgehead atoms. The minimum absolute atomic E-state index is 0.00965. The van der Waals surface area contributed by atoms with E-state index in [1.54, 1.807) is 13.0 Å². The standard InChI is InChI=1S/C15H21NO4S/c1-10(2)14-5-4-8-16(14)21(19,20)12-7-6-11(3)13(9-12)15(17)18/h6-7,9-10,14H,4-5,8H2,1-3H3,(H,17,18). The molecule has 1 aromatic rings. The van der Waals surface area contributed by atoms with Crippen LogP contribution in [-0.2, 0) is 10.0 Å². The van der Waals surface area contributed by atoms with Crippen molar-refractivity contribution in [2.45, 2.75) is 44.6 Å². The summed E-state index contributed by atoms with van der Waals surface area (Å²) in [6, 6.07) is 4.30. The van der Waals surface area contributed by atoms with Crippen LogP contribution in [0, 0.1) is 12.8 Å². The summed E-state index contributed by atoms with van der Waals surface area (Å²) in [5, 5.41) is 9.15. The van der Waals surface area contributed by atoms with E-state index in [0.717, 1.165) is 12.8 Å². The number of carbonyl (C=O) groups is 1. The van der Waals surface area contributed by atoms with E-state index in [0.29, 0.717) is 12.1 Å². The number of nitrogens with zero attached hydrogens (tertiary/aromatic N) is 1. The molecular formula is C15H21NO4S. The molecule has 1 heterocycles. The van der Waals surface area contributed by atoms with E-state index in [-0.39, 0.29) is 22.4 Å². The van der Waals surface area contributed by atoms with Gasteiger partial charge in [0, 0.05) is 12.6 Å². The van der Waals surface area contributed by atoms with Gasteiger partial charge in [-0.05, 0) is 43.4 Å². The maximum absolute atomic E-state index is 12.8. The third kappa shape index (κ3) is 2.96. The minimum atomic E-state index is -3.64. The van der Waals surface area contributed by atoms with Gasteiger partial charge < -0.3 is 5.11 Å². The molecule has 0 amide bonds. The fraction of sp³-hybridized carbons (Fsp3) is 0.533. The highest BCUT2D eigenvalue weighted by Gasteiger charge is 2.37. The zero-order valence-electron chi connectivity index (χ0n) is 12.5. The lowest BCUT2D eigenvalue weighted by atomic mass is 10.0. The van der Waals surface area contributed by atoms with Gasteiger partial charge in [0.05, 0.1) is 10.5 Å². The Kier molecular flexibility index (Phi) is 4.39. The Morgan fingerprint density at radius 1 is 1.38 bits per heavy atom. The summed E-state index contributed by atoms with van der Waals surface area (Å²) in [6.07, 6.45) is 1.70. The first-order chi connectivity index (χ1) is 9.75. The highest BCUT2D eigenvalue weighted by molar-refractivity contribution is 7.89. The lowest BCUT2D eigenvalue weighted by molar-refractivity contribution is 0.0696. The second-order valence-electron chi connectivity index (χ2n) is 5.85. The molecule has 1 aliphatic heterocycles. The summed E-state index contributed by atoms with van der Waals surface area (Å²) >= 11 is 0. The SMILES string of the molecule is Cc1ccc(S(=O)(=O)N2CCCC2C(C)C)cc1C(=O)O. The molecule has 5 nitrogen and oxygen atoms in total. The normalized spacial score (nSPS) is 20.1. The Hall–Kier alpha value is -1.40. The molecule has 1 saturated heterocycles. The Bertz CT molecular complexity index is 652. The predicted molar refractivity (Wildman–Crippen MR) is 79.9 cm³/mol. The fourth-order valence-electron chi connectivity index (χ4n) is 2.86. The van der Waals surface area contributed by atoms with Gasteiger partial charge in [-0.2, -0.15) is 4.31 Å². The second-order valence-corrected chi connectivity index (χ2v) is 7.74. The summed E-state index contributed by atoms with van der Waals surface area (Å²) in [7, 11) is -3.64. The van der Waals surface area contributed by atoms with Gasteiger partial charge in [0.25, 0.3) is 0 Å². The molecule has 0 saturated carbocycles. The van der Waals surface area contributed by atoms with Gasteiger partial charge in [-0.1, -0.05) is 19.9 Å². The van der Waals surface area contributed by atoms with Crippen LogP contribution in [0.2, 0.25) is 0 Å². The van der Waals surface area contributed by atoms with Crippen molar-refractivity contribution in [2.24, 2.45) is 5.92 Å². The molecule has 21 heavy (non-hydrogen) atoms. The molecule has 2 rings (SSSR count). The summed E-state index contributed by atoms with van der Waals surface area (Å²) in [5.41, 5.74) is 0.597. The third-order valence-electron chi connectivity index (χ3n) is 4.06. The van der Waals surface area contributed by atoms with Crippen LogP contribution in [0.15, 0.2) is 23.1 Å². The molecule has 6 heteroatoms. The van der Waals surface area contributed by atoms with Gasteiger partial charge in [-0.15, -0.1) is 0 Å². The van der Waals surface area contributed by atoms with Crippen molar-refractivity contribution >= 4 is 16.0 Å². The average Bonchev–Trinajstić information content (AvgIpc) is 2.88. The predicted octanol–water partition coefficient (Wildman–Crippen LogP) is 2.50. The third-order valence-corrected chi connectivity index (χ3v) is 5.98. The van der Waals surface area contributed by atoms with Gasteiger partial charge in [0.1, 0.15) is 0 Å². The van der Waals surface area contributed by atoms with Crippen LogP contribution in [0.25, 0.3) is 0 Å². The van der Waals surface area contributed by atoms with E-state index >= 15 is 0 Å². The lowest BCUT2D eigenvalue weighted by Crippen LogP contribution is -2.38. The van der Waals surface area contributed by atoms with Crippen LogP contribution >= 0.6 is 0 Å². The lowest BCUT2D eigenvalue weighted by Gasteiger charge is -2.27. The number of sulfonamides is 1. The van der Waals surface area contributed by atoms with E-state index in [1.807, 2.05) is 13.8 Å². The highest BCUT2D eigenvalue weighted by Crippen LogP contribution is 2.30. The summed E-state index contributed by atoms with van der Waals surface area (Å²) < 4.78 is 27.1. The Balaban J connectivity index is 2.45. The van der Waals surface area contributed by atoms with Crippen molar-refractivity contribution in [3.05, 3.63) is 29.3 Å². The second kappa shape index (κ2) is 5.77. The molecular weight excluding hydrogens is 290 g/mol. The van der Waals surface area contributed by atoms with Gasteiger partial charge in [0.2, 0.25) is 10.0 Å². The number of hydrogen-bond acceptors (Lipinski definition) is 3. The number of aryl methyl sites for hydroxylation is 1. The van der Waals surface area contributed by atoms with E-state index in [2.05, 4.69) is 0 Å².